The van der Waals surface area contributed by atoms with E-state index in [0.717, 1.165) is 34.7 Å². The Morgan fingerprint density at radius 3 is 3.20 bits per heavy atom. The highest BCUT2D eigenvalue weighted by atomic mass is 79.9. The van der Waals surface area contributed by atoms with Gasteiger partial charge in [0, 0.05) is 12.4 Å². The number of thioether (sulfide) groups is 1. The van der Waals surface area contributed by atoms with Crippen molar-refractivity contribution in [1.82, 2.24) is 9.97 Å². The smallest absolute Gasteiger partial charge is 0.147 e. The van der Waals surface area contributed by atoms with E-state index in [0.29, 0.717) is 11.3 Å². The number of hydrogen-bond donors (Lipinski definition) is 0. The van der Waals surface area contributed by atoms with Gasteiger partial charge in [0.25, 0.3) is 0 Å². The Bertz CT molecular complexity index is 347. The lowest BCUT2D eigenvalue weighted by Crippen LogP contribution is -2.08. The third-order valence-corrected chi connectivity index (χ3v) is 4.79. The molecule has 6 heteroatoms. The van der Waals surface area contributed by atoms with Crippen molar-refractivity contribution in [2.45, 2.75) is 24.0 Å². The lowest BCUT2D eigenvalue weighted by atomic mass is 10.3. The van der Waals surface area contributed by atoms with E-state index in [4.69, 9.17) is 16.3 Å². The summed E-state index contributed by atoms with van der Waals surface area (Å²) in [6, 6.07) is 0. The highest BCUT2D eigenvalue weighted by Crippen LogP contribution is 2.31. The second kappa shape index (κ2) is 5.48. The average Bonchev–Trinajstić information content (AvgIpc) is 2.73. The highest BCUT2D eigenvalue weighted by Gasteiger charge is 2.17. The zero-order valence-electron chi connectivity index (χ0n) is 7.95. The van der Waals surface area contributed by atoms with Crippen LogP contribution in [0.25, 0.3) is 0 Å². The van der Waals surface area contributed by atoms with Crippen LogP contribution in [0.15, 0.2) is 15.8 Å². The topological polar surface area (TPSA) is 35.0 Å². The minimum Gasteiger partial charge on any atom is -0.377 e. The molecule has 15 heavy (non-hydrogen) atoms. The van der Waals surface area contributed by atoms with Crippen molar-refractivity contribution in [2.75, 3.05) is 12.4 Å². The maximum absolute atomic E-state index is 5.87. The van der Waals surface area contributed by atoms with Crippen LogP contribution in [0.5, 0.6) is 0 Å². The summed E-state index contributed by atoms with van der Waals surface area (Å²) in [5.74, 6) is 0.923. The van der Waals surface area contributed by atoms with Crippen molar-refractivity contribution < 1.29 is 4.74 Å². The molecule has 1 aliphatic heterocycles. The van der Waals surface area contributed by atoms with Gasteiger partial charge in [-0.25, -0.2) is 9.97 Å². The molecule has 1 aliphatic rings. The number of aromatic nitrogens is 2. The van der Waals surface area contributed by atoms with Crippen LogP contribution in [0, 0.1) is 0 Å². The summed E-state index contributed by atoms with van der Waals surface area (Å²) < 4.78 is 6.31. The molecular formula is C9H10BrClN2OS. The fourth-order valence-corrected chi connectivity index (χ4v) is 3.07. The number of ether oxygens (including phenoxy) is 1. The minimum absolute atomic E-state index is 0.357. The minimum atomic E-state index is 0.357. The third kappa shape index (κ3) is 3.06. The monoisotopic (exact) mass is 308 g/mol. The van der Waals surface area contributed by atoms with Gasteiger partial charge in [-0.1, -0.05) is 11.6 Å². The summed E-state index contributed by atoms with van der Waals surface area (Å²) in [6.07, 6.45) is 4.14. The maximum Gasteiger partial charge on any atom is 0.147 e. The van der Waals surface area contributed by atoms with Gasteiger partial charge in [-0.2, -0.15) is 0 Å². The van der Waals surface area contributed by atoms with Crippen molar-refractivity contribution >= 4 is 39.3 Å². The van der Waals surface area contributed by atoms with Gasteiger partial charge in [-0.05, 0) is 28.8 Å². The molecular weight excluding hydrogens is 300 g/mol. The molecule has 0 spiro atoms. The Balaban J connectivity index is 1.95. The first-order valence-corrected chi connectivity index (χ1v) is 6.83. The molecule has 1 fully saturated rings. The largest absolute Gasteiger partial charge is 0.377 e. The van der Waals surface area contributed by atoms with Gasteiger partial charge in [0.15, 0.2) is 0 Å². The highest BCUT2D eigenvalue weighted by molar-refractivity contribution is 9.10. The first kappa shape index (κ1) is 11.6. The zero-order chi connectivity index (χ0) is 10.7. The van der Waals surface area contributed by atoms with Crippen LogP contribution in [0.4, 0.5) is 0 Å². The summed E-state index contributed by atoms with van der Waals surface area (Å²) in [7, 11) is 0. The predicted octanol–water partition coefficient (Wildman–Crippen LogP) is 3.16. The van der Waals surface area contributed by atoms with Crippen LogP contribution in [-0.4, -0.2) is 28.4 Å². The molecule has 0 aliphatic carbocycles. The molecule has 3 nitrogen and oxygen atoms in total. The lowest BCUT2D eigenvalue weighted by Gasteiger charge is -2.08. The van der Waals surface area contributed by atoms with Crippen molar-refractivity contribution in [3.63, 3.8) is 0 Å². The molecule has 0 aromatic carbocycles. The Kier molecular flexibility index (Phi) is 4.25. The molecule has 0 amide bonds. The molecule has 1 unspecified atom stereocenters. The second-order valence-electron chi connectivity index (χ2n) is 3.23. The van der Waals surface area contributed by atoms with E-state index >= 15 is 0 Å². The van der Waals surface area contributed by atoms with Crippen molar-refractivity contribution in [2.24, 2.45) is 0 Å². The molecule has 0 bridgehead atoms. The molecule has 1 aromatic rings. The van der Waals surface area contributed by atoms with E-state index in [-0.39, 0.29) is 0 Å². The van der Waals surface area contributed by atoms with Crippen molar-refractivity contribution in [1.29, 1.82) is 0 Å². The van der Waals surface area contributed by atoms with Crippen molar-refractivity contribution in [3.05, 3.63) is 16.0 Å². The van der Waals surface area contributed by atoms with Crippen molar-refractivity contribution in [3.8, 4) is 0 Å². The Hall–Kier alpha value is 0.160. The van der Waals surface area contributed by atoms with Gasteiger partial charge < -0.3 is 4.74 Å². The molecule has 0 saturated carbocycles. The number of nitrogens with zero attached hydrogens (tertiary/aromatic N) is 2. The first-order chi connectivity index (χ1) is 7.27. The Labute approximate surface area is 106 Å². The summed E-state index contributed by atoms with van der Waals surface area (Å²) in [5, 5.41) is 1.34. The van der Waals surface area contributed by atoms with E-state index < -0.39 is 0 Å². The normalized spacial score (nSPS) is 20.8. The fraction of sp³-hybridized carbons (Fsp3) is 0.556. The molecule has 82 valence electrons. The van der Waals surface area contributed by atoms with Gasteiger partial charge in [-0.3, -0.25) is 0 Å². The Morgan fingerprint density at radius 1 is 1.60 bits per heavy atom. The summed E-state index contributed by atoms with van der Waals surface area (Å²) in [5.41, 5.74) is 0. The van der Waals surface area contributed by atoms with Crippen LogP contribution in [0.3, 0.4) is 0 Å². The average molecular weight is 310 g/mol. The van der Waals surface area contributed by atoms with E-state index in [1.165, 1.54) is 6.33 Å². The van der Waals surface area contributed by atoms with E-state index in [1.54, 1.807) is 11.8 Å². The van der Waals surface area contributed by atoms with Gasteiger partial charge >= 0.3 is 0 Å². The van der Waals surface area contributed by atoms with Gasteiger partial charge in [0.2, 0.25) is 0 Å². The molecule has 1 aromatic heterocycles. The molecule has 0 N–H and O–H groups in total. The maximum atomic E-state index is 5.87. The molecule has 1 saturated heterocycles. The quantitative estimate of drug-likeness (QED) is 0.634. The van der Waals surface area contributed by atoms with E-state index in [1.807, 2.05) is 0 Å². The zero-order valence-corrected chi connectivity index (χ0v) is 11.1. The summed E-state index contributed by atoms with van der Waals surface area (Å²) in [6.45, 7) is 0.886. The van der Waals surface area contributed by atoms with Gasteiger partial charge in [-0.15, -0.1) is 11.8 Å². The number of hydrogen-bond acceptors (Lipinski definition) is 4. The van der Waals surface area contributed by atoms with Crippen LogP contribution >= 0.6 is 39.3 Å². The molecule has 2 heterocycles. The molecule has 1 atom stereocenters. The van der Waals surface area contributed by atoms with Crippen LogP contribution < -0.4 is 0 Å². The standard InChI is InChI=1S/C9H10BrClN2OS/c10-7-8(11)12-5-13-9(7)15-4-6-2-1-3-14-6/h5-6H,1-4H2. The third-order valence-electron chi connectivity index (χ3n) is 2.14. The second-order valence-corrected chi connectivity index (χ2v) is 5.39. The summed E-state index contributed by atoms with van der Waals surface area (Å²) in [4.78, 5) is 8.05. The van der Waals surface area contributed by atoms with E-state index in [9.17, 15) is 0 Å². The Morgan fingerprint density at radius 2 is 2.47 bits per heavy atom. The van der Waals surface area contributed by atoms with Crippen LogP contribution in [0.2, 0.25) is 5.15 Å². The first-order valence-electron chi connectivity index (χ1n) is 4.68. The van der Waals surface area contributed by atoms with Gasteiger partial charge in [0.1, 0.15) is 16.5 Å². The fourth-order valence-electron chi connectivity index (χ4n) is 1.38. The van der Waals surface area contributed by atoms with Crippen LogP contribution in [0.1, 0.15) is 12.8 Å². The lowest BCUT2D eigenvalue weighted by molar-refractivity contribution is 0.129. The number of rotatable bonds is 3. The van der Waals surface area contributed by atoms with E-state index in [2.05, 4.69) is 25.9 Å². The molecule has 0 radical (unpaired) electrons. The van der Waals surface area contributed by atoms with Gasteiger partial charge in [0.05, 0.1) is 10.6 Å². The number of halogens is 2. The van der Waals surface area contributed by atoms with Crippen LogP contribution in [-0.2, 0) is 4.74 Å². The predicted molar refractivity (Wildman–Crippen MR) is 64.4 cm³/mol. The SMILES string of the molecule is Clc1ncnc(SCC2CCCO2)c1Br. The summed E-state index contributed by atoms with van der Waals surface area (Å²) >= 11 is 10.9. The molecule has 2 rings (SSSR count).